The van der Waals surface area contributed by atoms with Gasteiger partial charge in [-0.2, -0.15) is 0 Å². The van der Waals surface area contributed by atoms with Gasteiger partial charge in [-0.05, 0) is 71.1 Å². The summed E-state index contributed by atoms with van der Waals surface area (Å²) in [5.74, 6) is 1.61. The molecular weight excluding hydrogens is 336 g/mol. The van der Waals surface area contributed by atoms with Crippen LogP contribution < -0.4 is 5.32 Å². The van der Waals surface area contributed by atoms with E-state index in [1.54, 1.807) is 0 Å². The fourth-order valence-electron chi connectivity index (χ4n) is 6.55. The molecule has 5 aliphatic rings. The summed E-state index contributed by atoms with van der Waals surface area (Å²) in [5, 5.41) is 3.30. The van der Waals surface area contributed by atoms with Crippen molar-refractivity contribution in [1.82, 2.24) is 10.2 Å². The Kier molecular flexibility index (Phi) is 4.61. The first-order valence-corrected chi connectivity index (χ1v) is 10.5. The molecule has 4 nitrogen and oxygen atoms in total. The zero-order chi connectivity index (χ0) is 17.8. The third-order valence-electron chi connectivity index (χ3n) is 7.10. The van der Waals surface area contributed by atoms with Crippen LogP contribution in [0.4, 0.5) is 0 Å². The lowest BCUT2D eigenvalue weighted by atomic mass is 9.49. The number of hydrogen-bond acceptors (Lipinski definition) is 3. The van der Waals surface area contributed by atoms with E-state index in [9.17, 15) is 4.79 Å². The lowest BCUT2D eigenvalue weighted by Gasteiger charge is -2.59. The molecule has 5 rings (SSSR count). The Labute approximate surface area is 157 Å². The first kappa shape index (κ1) is 18.1. The third-order valence-corrected chi connectivity index (χ3v) is 7.54. The molecule has 0 aromatic rings. The number of hydrogen-bond donors (Lipinski definition) is 1. The Morgan fingerprint density at radius 1 is 1.20 bits per heavy atom. The van der Waals surface area contributed by atoms with Gasteiger partial charge in [0.1, 0.15) is 0 Å². The molecule has 1 N–H and O–H groups in total. The van der Waals surface area contributed by atoms with Crippen LogP contribution in [0, 0.1) is 17.3 Å². The van der Waals surface area contributed by atoms with Crippen molar-refractivity contribution in [3.05, 3.63) is 0 Å². The zero-order valence-corrected chi connectivity index (χ0v) is 16.6. The summed E-state index contributed by atoms with van der Waals surface area (Å²) in [4.78, 5) is 15.5. The van der Waals surface area contributed by atoms with Crippen molar-refractivity contribution in [2.24, 2.45) is 17.3 Å². The lowest BCUT2D eigenvalue weighted by molar-refractivity contribution is -0.145. The minimum absolute atomic E-state index is 0.0951. The number of carbonyl (C=O) groups is 1. The van der Waals surface area contributed by atoms with Crippen molar-refractivity contribution in [3.63, 3.8) is 0 Å². The van der Waals surface area contributed by atoms with Gasteiger partial charge in [0.05, 0.1) is 17.6 Å². The molecular formula is C20H33ClN2O2. The summed E-state index contributed by atoms with van der Waals surface area (Å²) < 4.78 is 5.82. The van der Waals surface area contributed by atoms with E-state index in [2.05, 4.69) is 31.0 Å². The van der Waals surface area contributed by atoms with Crippen molar-refractivity contribution in [1.29, 1.82) is 0 Å². The van der Waals surface area contributed by atoms with Crippen LogP contribution in [-0.2, 0) is 9.53 Å². The number of alkyl halides is 1. The number of morpholine rings is 1. The molecule has 4 bridgehead atoms. The predicted octanol–water partition coefficient (Wildman–Crippen LogP) is 3.18. The van der Waals surface area contributed by atoms with Gasteiger partial charge in [0.25, 0.3) is 0 Å². The summed E-state index contributed by atoms with van der Waals surface area (Å²) in [7, 11) is 0. The van der Waals surface area contributed by atoms with Crippen molar-refractivity contribution < 1.29 is 9.53 Å². The first-order valence-electron chi connectivity index (χ1n) is 10.1. The highest BCUT2D eigenvalue weighted by atomic mass is 35.5. The Morgan fingerprint density at radius 3 is 2.36 bits per heavy atom. The minimum Gasteiger partial charge on any atom is -0.373 e. The van der Waals surface area contributed by atoms with Crippen molar-refractivity contribution in [2.75, 3.05) is 19.6 Å². The second-order valence-electron chi connectivity index (χ2n) is 9.66. The van der Waals surface area contributed by atoms with Gasteiger partial charge >= 0.3 is 0 Å². The van der Waals surface area contributed by atoms with Crippen molar-refractivity contribution >= 4 is 17.5 Å². The minimum atomic E-state index is -0.183. The van der Waals surface area contributed by atoms with E-state index < -0.39 is 0 Å². The molecule has 142 valence electrons. The van der Waals surface area contributed by atoms with Gasteiger partial charge in [-0.25, -0.2) is 0 Å². The largest absolute Gasteiger partial charge is 0.373 e. The smallest absolute Gasteiger partial charge is 0.226 e. The molecule has 4 saturated carbocycles. The number of rotatable bonds is 4. The number of amides is 1. The molecule has 1 aliphatic heterocycles. The third kappa shape index (κ3) is 3.46. The van der Waals surface area contributed by atoms with Crippen LogP contribution in [0.2, 0.25) is 0 Å². The Balaban J connectivity index is 1.36. The van der Waals surface area contributed by atoms with Gasteiger partial charge in [0.2, 0.25) is 5.91 Å². The quantitative estimate of drug-likeness (QED) is 0.775. The molecule has 0 radical (unpaired) electrons. The van der Waals surface area contributed by atoms with Gasteiger partial charge in [0.15, 0.2) is 0 Å². The van der Waals surface area contributed by atoms with E-state index in [1.807, 2.05) is 0 Å². The Hall–Kier alpha value is -0.320. The fraction of sp³-hybridized carbons (Fsp3) is 0.950. The van der Waals surface area contributed by atoms with Gasteiger partial charge in [-0.15, -0.1) is 11.6 Å². The van der Waals surface area contributed by atoms with Gasteiger partial charge in [0, 0.05) is 30.6 Å². The van der Waals surface area contributed by atoms with Crippen LogP contribution in [0.5, 0.6) is 0 Å². The molecule has 1 amide bonds. The average molecular weight is 369 g/mol. The molecule has 0 aromatic carbocycles. The van der Waals surface area contributed by atoms with Crippen LogP contribution in [-0.4, -0.2) is 53.6 Å². The van der Waals surface area contributed by atoms with E-state index in [-0.39, 0.29) is 28.4 Å². The van der Waals surface area contributed by atoms with E-state index in [0.29, 0.717) is 17.9 Å². The number of nitrogens with zero attached hydrogens (tertiary/aromatic N) is 1. The highest BCUT2D eigenvalue weighted by molar-refractivity contribution is 6.24. The average Bonchev–Trinajstić information content (AvgIpc) is 2.48. The number of halogens is 1. The highest BCUT2D eigenvalue weighted by Gasteiger charge is 2.60. The maximum atomic E-state index is 13.1. The second-order valence-corrected chi connectivity index (χ2v) is 10.5. The second kappa shape index (κ2) is 6.38. The van der Waals surface area contributed by atoms with Crippen molar-refractivity contribution in [3.8, 4) is 0 Å². The molecule has 1 heterocycles. The van der Waals surface area contributed by atoms with Gasteiger partial charge < -0.3 is 10.1 Å². The van der Waals surface area contributed by atoms with Gasteiger partial charge in [-0.1, -0.05) is 0 Å². The maximum Gasteiger partial charge on any atom is 0.226 e. The maximum absolute atomic E-state index is 13.1. The summed E-state index contributed by atoms with van der Waals surface area (Å²) in [6, 6.07) is 0.344. The van der Waals surface area contributed by atoms with E-state index in [0.717, 1.165) is 51.7 Å². The standard InChI is InChI=1S/C20H33ClN2O2/c1-13(23-10-14(2)25-15(3)11-23)9-22-18(24)19-5-16-4-17(6-19)8-20(21,7-16)12-19/h13-17H,4-12H2,1-3H3,(H,22,24)/t13-,14-,15+,16+,17+,19?,20?/m0/s1. The summed E-state index contributed by atoms with van der Waals surface area (Å²) in [6.07, 6.45) is 7.08. The van der Waals surface area contributed by atoms with E-state index in [4.69, 9.17) is 16.3 Å². The van der Waals surface area contributed by atoms with E-state index >= 15 is 0 Å². The lowest BCUT2D eigenvalue weighted by Crippen LogP contribution is -2.59. The van der Waals surface area contributed by atoms with E-state index in [1.165, 1.54) is 6.42 Å². The highest BCUT2D eigenvalue weighted by Crippen LogP contribution is 2.63. The number of carbonyl (C=O) groups excluding carboxylic acids is 1. The van der Waals surface area contributed by atoms with Crippen LogP contribution in [0.25, 0.3) is 0 Å². The molecule has 5 heteroatoms. The van der Waals surface area contributed by atoms with Crippen LogP contribution in [0.3, 0.4) is 0 Å². The summed E-state index contributed by atoms with van der Waals surface area (Å²) in [6.45, 7) is 9.09. The molecule has 0 aromatic heterocycles. The molecule has 0 spiro atoms. The van der Waals surface area contributed by atoms with Crippen LogP contribution in [0.15, 0.2) is 0 Å². The summed E-state index contributed by atoms with van der Waals surface area (Å²) in [5.41, 5.74) is -0.183. The zero-order valence-electron chi connectivity index (χ0n) is 15.9. The Morgan fingerprint density at radius 2 is 1.80 bits per heavy atom. The molecule has 5 fully saturated rings. The number of nitrogens with one attached hydrogen (secondary N) is 1. The Bertz CT molecular complexity index is 516. The molecule has 4 aliphatic carbocycles. The van der Waals surface area contributed by atoms with Crippen molar-refractivity contribution in [2.45, 2.75) is 82.4 Å². The predicted molar refractivity (Wildman–Crippen MR) is 99.8 cm³/mol. The van der Waals surface area contributed by atoms with Crippen LogP contribution >= 0.6 is 11.6 Å². The molecule has 0 unspecified atom stereocenters. The fourth-order valence-corrected chi connectivity index (χ4v) is 7.24. The topological polar surface area (TPSA) is 41.6 Å². The molecule has 1 saturated heterocycles. The monoisotopic (exact) mass is 368 g/mol. The summed E-state index contributed by atoms with van der Waals surface area (Å²) >= 11 is 6.88. The first-order chi connectivity index (χ1) is 11.8. The SMILES string of the molecule is C[C@@H]1CN([C@@H](C)CNC(=O)C23C[C@H]4C[C@@H](CC(Cl)(C4)C2)C3)C[C@H](C)O1. The van der Waals surface area contributed by atoms with Crippen LogP contribution in [0.1, 0.15) is 59.3 Å². The number of ether oxygens (including phenoxy) is 1. The molecule has 5 atom stereocenters. The normalized spacial score (nSPS) is 47.7. The van der Waals surface area contributed by atoms with Gasteiger partial charge in [-0.3, -0.25) is 9.69 Å². The molecule has 25 heavy (non-hydrogen) atoms.